The summed E-state index contributed by atoms with van der Waals surface area (Å²) >= 11 is 0. The van der Waals surface area contributed by atoms with E-state index in [1.54, 1.807) is 0 Å². The molecular weight excluding hydrogens is 392 g/mol. The van der Waals surface area contributed by atoms with E-state index in [1.807, 2.05) is 0 Å². The molecule has 0 unspecified atom stereocenters. The van der Waals surface area contributed by atoms with Crippen molar-refractivity contribution >= 4 is 0 Å². The van der Waals surface area contributed by atoms with Gasteiger partial charge in [-0.05, 0) is 32.1 Å². The van der Waals surface area contributed by atoms with E-state index in [0.717, 1.165) is 6.42 Å². The van der Waals surface area contributed by atoms with E-state index in [1.165, 1.54) is 96.3 Å². The Hall–Kier alpha value is -0.460. The molecule has 31 heavy (non-hydrogen) atoms. The van der Waals surface area contributed by atoms with Crippen LogP contribution in [0.3, 0.4) is 0 Å². The SMILES string of the molecule is CCCCC/C=C/CCCCCCCCCCCCCOC[C@@H]1OC[C@@H](O)[C@H](O)[C@H]1O. The highest BCUT2D eigenvalue weighted by atomic mass is 16.6. The van der Waals surface area contributed by atoms with E-state index in [2.05, 4.69) is 19.1 Å². The number of unbranched alkanes of at least 4 members (excludes halogenated alkanes) is 14. The fourth-order valence-electron chi connectivity index (χ4n) is 4.02. The molecule has 5 heteroatoms. The zero-order valence-corrected chi connectivity index (χ0v) is 20.1. The molecule has 1 heterocycles. The number of aliphatic hydroxyl groups is 3. The van der Waals surface area contributed by atoms with Gasteiger partial charge in [0.25, 0.3) is 0 Å². The van der Waals surface area contributed by atoms with Crippen LogP contribution in [0.15, 0.2) is 12.2 Å². The second kappa shape index (κ2) is 20.2. The molecule has 1 fully saturated rings. The van der Waals surface area contributed by atoms with Crippen molar-refractivity contribution < 1.29 is 24.8 Å². The summed E-state index contributed by atoms with van der Waals surface area (Å²) in [5.41, 5.74) is 0. The lowest BCUT2D eigenvalue weighted by Gasteiger charge is -2.35. The first-order chi connectivity index (χ1) is 15.2. The quantitative estimate of drug-likeness (QED) is 0.176. The largest absolute Gasteiger partial charge is 0.388 e. The van der Waals surface area contributed by atoms with E-state index < -0.39 is 24.4 Å². The summed E-state index contributed by atoms with van der Waals surface area (Å²) in [6, 6.07) is 0. The van der Waals surface area contributed by atoms with Crippen LogP contribution in [0.5, 0.6) is 0 Å². The highest BCUT2D eigenvalue weighted by Crippen LogP contribution is 2.16. The smallest absolute Gasteiger partial charge is 0.111 e. The van der Waals surface area contributed by atoms with Crippen LogP contribution in [0, 0.1) is 0 Å². The molecule has 0 spiro atoms. The van der Waals surface area contributed by atoms with Crippen molar-refractivity contribution in [2.24, 2.45) is 0 Å². The first-order valence-corrected chi connectivity index (χ1v) is 13.0. The Morgan fingerprint density at radius 3 is 1.81 bits per heavy atom. The Morgan fingerprint density at radius 2 is 1.23 bits per heavy atom. The number of allylic oxidation sites excluding steroid dienone is 2. The minimum Gasteiger partial charge on any atom is -0.388 e. The molecule has 1 rings (SSSR count). The number of aliphatic hydroxyl groups excluding tert-OH is 3. The van der Waals surface area contributed by atoms with Crippen LogP contribution < -0.4 is 0 Å². The highest BCUT2D eigenvalue weighted by molar-refractivity contribution is 4.86. The molecule has 0 bridgehead atoms. The molecular formula is C26H50O5. The molecule has 0 aromatic rings. The van der Waals surface area contributed by atoms with E-state index in [9.17, 15) is 15.3 Å². The molecule has 0 aliphatic carbocycles. The Bertz CT molecular complexity index is 415. The molecule has 1 aliphatic rings. The van der Waals surface area contributed by atoms with Crippen LogP contribution in [0.1, 0.15) is 110 Å². The molecule has 5 nitrogen and oxygen atoms in total. The van der Waals surface area contributed by atoms with Gasteiger partial charge in [0.05, 0.1) is 13.2 Å². The summed E-state index contributed by atoms with van der Waals surface area (Å²) in [7, 11) is 0. The van der Waals surface area contributed by atoms with Crippen molar-refractivity contribution in [2.75, 3.05) is 19.8 Å². The summed E-state index contributed by atoms with van der Waals surface area (Å²) in [5, 5.41) is 28.9. The van der Waals surface area contributed by atoms with Crippen LogP contribution in [0.4, 0.5) is 0 Å². The van der Waals surface area contributed by atoms with Crippen molar-refractivity contribution in [2.45, 2.75) is 134 Å². The zero-order valence-electron chi connectivity index (χ0n) is 20.1. The van der Waals surface area contributed by atoms with Gasteiger partial charge in [0.15, 0.2) is 0 Å². The normalized spacial score (nSPS) is 24.3. The van der Waals surface area contributed by atoms with Crippen LogP contribution >= 0.6 is 0 Å². The van der Waals surface area contributed by atoms with Gasteiger partial charge in [0, 0.05) is 6.61 Å². The molecule has 184 valence electrons. The number of ether oxygens (including phenoxy) is 2. The maximum Gasteiger partial charge on any atom is 0.111 e. The molecule has 0 aromatic carbocycles. The van der Waals surface area contributed by atoms with Gasteiger partial charge in [-0.3, -0.25) is 0 Å². The Morgan fingerprint density at radius 1 is 0.710 bits per heavy atom. The standard InChI is InChI=1S/C26H50O5/c1-2-3-4-5-6-7-8-9-10-11-12-13-14-15-16-17-18-19-20-30-22-24-26(29)25(28)23(27)21-31-24/h6-7,23-29H,2-5,8-22H2,1H3/b7-6+/t23-,24+,25+,26+/m1/s1. The van der Waals surface area contributed by atoms with Crippen molar-refractivity contribution in [1.29, 1.82) is 0 Å². The average molecular weight is 443 g/mol. The fraction of sp³-hybridized carbons (Fsp3) is 0.923. The highest BCUT2D eigenvalue weighted by Gasteiger charge is 2.37. The van der Waals surface area contributed by atoms with E-state index in [-0.39, 0.29) is 13.2 Å². The Labute approximate surface area is 191 Å². The maximum absolute atomic E-state index is 9.85. The minimum absolute atomic E-state index is 0.0444. The van der Waals surface area contributed by atoms with Crippen LogP contribution in [0.25, 0.3) is 0 Å². The van der Waals surface area contributed by atoms with Gasteiger partial charge in [-0.2, -0.15) is 0 Å². The lowest BCUT2D eigenvalue weighted by Crippen LogP contribution is -2.54. The van der Waals surface area contributed by atoms with Crippen molar-refractivity contribution in [3.05, 3.63) is 12.2 Å². The summed E-state index contributed by atoms with van der Waals surface area (Å²) < 4.78 is 10.9. The van der Waals surface area contributed by atoms with E-state index in [0.29, 0.717) is 6.61 Å². The summed E-state index contributed by atoms with van der Waals surface area (Å²) in [4.78, 5) is 0. The maximum atomic E-state index is 9.85. The third kappa shape index (κ3) is 15.1. The average Bonchev–Trinajstić information content (AvgIpc) is 2.77. The number of hydrogen-bond donors (Lipinski definition) is 3. The molecule has 1 aliphatic heterocycles. The molecule has 3 N–H and O–H groups in total. The lowest BCUT2D eigenvalue weighted by atomic mass is 10.0. The predicted octanol–water partition coefficient (Wildman–Crippen LogP) is 5.30. The van der Waals surface area contributed by atoms with Crippen molar-refractivity contribution in [3.63, 3.8) is 0 Å². The topological polar surface area (TPSA) is 79.2 Å². The van der Waals surface area contributed by atoms with Gasteiger partial charge >= 0.3 is 0 Å². The predicted molar refractivity (Wildman–Crippen MR) is 127 cm³/mol. The van der Waals surface area contributed by atoms with Crippen LogP contribution in [-0.2, 0) is 9.47 Å². The molecule has 0 amide bonds. The Balaban J connectivity index is 1.75. The number of hydrogen-bond acceptors (Lipinski definition) is 5. The lowest BCUT2D eigenvalue weighted by molar-refractivity contribution is -0.199. The van der Waals surface area contributed by atoms with Crippen LogP contribution in [-0.4, -0.2) is 59.6 Å². The van der Waals surface area contributed by atoms with Gasteiger partial charge in [-0.1, -0.05) is 89.7 Å². The molecule has 0 saturated carbocycles. The number of rotatable bonds is 20. The van der Waals surface area contributed by atoms with Gasteiger partial charge in [0.1, 0.15) is 24.4 Å². The first kappa shape index (κ1) is 28.6. The van der Waals surface area contributed by atoms with Gasteiger partial charge in [-0.15, -0.1) is 0 Å². The summed E-state index contributed by atoms with van der Waals surface area (Å²) in [6.07, 6.45) is 21.8. The third-order valence-corrected chi connectivity index (χ3v) is 6.19. The van der Waals surface area contributed by atoms with E-state index >= 15 is 0 Å². The second-order valence-electron chi connectivity index (χ2n) is 9.14. The summed E-state index contributed by atoms with van der Waals surface area (Å²) in [6.45, 7) is 3.22. The molecule has 0 aromatic heterocycles. The van der Waals surface area contributed by atoms with Crippen LogP contribution in [0.2, 0.25) is 0 Å². The molecule has 4 atom stereocenters. The molecule has 0 radical (unpaired) electrons. The second-order valence-corrected chi connectivity index (χ2v) is 9.14. The zero-order chi connectivity index (χ0) is 22.6. The third-order valence-electron chi connectivity index (χ3n) is 6.19. The van der Waals surface area contributed by atoms with Gasteiger partial charge in [-0.25, -0.2) is 0 Å². The first-order valence-electron chi connectivity index (χ1n) is 13.0. The minimum atomic E-state index is -1.15. The monoisotopic (exact) mass is 442 g/mol. The van der Waals surface area contributed by atoms with E-state index in [4.69, 9.17) is 9.47 Å². The van der Waals surface area contributed by atoms with Gasteiger partial charge in [0.2, 0.25) is 0 Å². The van der Waals surface area contributed by atoms with Crippen molar-refractivity contribution in [3.8, 4) is 0 Å². The van der Waals surface area contributed by atoms with Gasteiger partial charge < -0.3 is 24.8 Å². The molecule has 1 saturated heterocycles. The Kier molecular flexibility index (Phi) is 18.6. The fourth-order valence-corrected chi connectivity index (χ4v) is 4.02. The summed E-state index contributed by atoms with van der Waals surface area (Å²) in [5.74, 6) is 0. The van der Waals surface area contributed by atoms with Crippen molar-refractivity contribution in [1.82, 2.24) is 0 Å².